The quantitative estimate of drug-likeness (QED) is 0.0778. The van der Waals surface area contributed by atoms with Gasteiger partial charge in [0.2, 0.25) is 5.43 Å². The van der Waals surface area contributed by atoms with E-state index < -0.39 is 52.3 Å². The summed E-state index contributed by atoms with van der Waals surface area (Å²) in [4.78, 5) is 77.1. The first-order valence-corrected chi connectivity index (χ1v) is 16.7. The Bertz CT molecular complexity index is 1980. The Morgan fingerprint density at radius 2 is 1.67 bits per heavy atom. The number of aromatic nitrogens is 1. The summed E-state index contributed by atoms with van der Waals surface area (Å²) in [7, 11) is 1.26. The summed E-state index contributed by atoms with van der Waals surface area (Å²) in [5.41, 5.74) is 5.27. The second kappa shape index (κ2) is 13.4. The number of hydrogen-bond donors (Lipinski definition) is 2. The molecule has 4 aromatic rings. The summed E-state index contributed by atoms with van der Waals surface area (Å²) in [6.45, 7) is 3.40. The lowest BCUT2D eigenvalue weighted by atomic mass is 9.95. The van der Waals surface area contributed by atoms with Gasteiger partial charge in [-0.25, -0.2) is 9.78 Å². The zero-order valence-corrected chi connectivity index (χ0v) is 27.5. The molecule has 15 heteroatoms. The number of esters is 1. The highest BCUT2D eigenvalue weighted by molar-refractivity contribution is 8.00. The van der Waals surface area contributed by atoms with Crippen LogP contribution in [-0.4, -0.2) is 63.8 Å². The molecule has 0 saturated carbocycles. The van der Waals surface area contributed by atoms with E-state index in [1.807, 2.05) is 36.4 Å². The number of nitrogens with two attached hydrogens (primary N) is 1. The Hall–Kier alpha value is -5.28. The van der Waals surface area contributed by atoms with Crippen molar-refractivity contribution in [3.8, 4) is 5.75 Å². The number of thiazole rings is 1. The molecule has 2 atom stereocenters. The van der Waals surface area contributed by atoms with Crippen molar-refractivity contribution in [3.05, 3.63) is 115 Å². The molecule has 2 amide bonds. The highest BCUT2D eigenvalue weighted by Gasteiger charge is 2.56. The fourth-order valence-electron chi connectivity index (χ4n) is 5.44. The normalized spacial score (nSPS) is 17.7. The van der Waals surface area contributed by atoms with Crippen LogP contribution in [0.2, 0.25) is 0 Å². The standard InChI is InChI=1S/C33H29N5O8S2/c1-16(2)45-28-21(25(39)26(28)40)19-14-47-31-23(36-29(41)22(37-44-3)20-15-48-33(34)35-20)30(42)38(31)24(19)32(43)46-27(17-10-6-4-7-11-17)18-12-8-5-9-13-18/h4-13,15-16,23,27,31H,14H2,1-3H3,(H2,34,35)(H,36,41)/b37-22+/t23?,31-/m1/s1. The SMILES string of the molecule is CO/N=C(/C(=O)NC1C(=O)N2C(C(=O)OC(c3ccccc3)c3ccccc3)=C(c3c(OC(C)C)c(=O)c3=O)CS[C@H]12)c1csc(N)n1. The highest BCUT2D eigenvalue weighted by Crippen LogP contribution is 2.45. The molecule has 3 aromatic carbocycles. The number of rotatable bonds is 11. The van der Waals surface area contributed by atoms with Crippen LogP contribution in [0.15, 0.2) is 86.5 Å². The van der Waals surface area contributed by atoms with Crippen LogP contribution in [0.25, 0.3) is 5.57 Å². The van der Waals surface area contributed by atoms with Crippen LogP contribution in [0.3, 0.4) is 0 Å². The number of thioether (sulfide) groups is 1. The maximum absolute atomic E-state index is 14.3. The summed E-state index contributed by atoms with van der Waals surface area (Å²) < 4.78 is 11.8. The largest absolute Gasteiger partial charge is 0.486 e. The first kappa shape index (κ1) is 32.7. The highest BCUT2D eigenvalue weighted by atomic mass is 32.2. The van der Waals surface area contributed by atoms with Crippen molar-refractivity contribution in [1.82, 2.24) is 15.2 Å². The van der Waals surface area contributed by atoms with Crippen LogP contribution in [0.5, 0.6) is 5.75 Å². The average molecular weight is 688 g/mol. The number of nitrogens with one attached hydrogen (secondary N) is 1. The monoisotopic (exact) mass is 687 g/mol. The summed E-state index contributed by atoms with van der Waals surface area (Å²) in [5, 5.41) is 7.41. The van der Waals surface area contributed by atoms with Gasteiger partial charge in [-0.1, -0.05) is 65.8 Å². The van der Waals surface area contributed by atoms with Gasteiger partial charge in [0.25, 0.3) is 17.2 Å². The van der Waals surface area contributed by atoms with Crippen molar-refractivity contribution < 1.29 is 28.7 Å². The van der Waals surface area contributed by atoms with Gasteiger partial charge in [-0.15, -0.1) is 23.1 Å². The van der Waals surface area contributed by atoms with Gasteiger partial charge in [-0.2, -0.15) is 0 Å². The molecule has 0 spiro atoms. The number of anilines is 1. The molecule has 6 rings (SSSR count). The van der Waals surface area contributed by atoms with Crippen molar-refractivity contribution in [2.45, 2.75) is 37.5 Å². The lowest BCUT2D eigenvalue weighted by Crippen LogP contribution is -2.71. The third kappa shape index (κ3) is 5.97. The number of hydrogen-bond acceptors (Lipinski definition) is 13. The number of amides is 2. The van der Waals surface area contributed by atoms with E-state index in [-0.39, 0.29) is 44.9 Å². The maximum atomic E-state index is 14.3. The van der Waals surface area contributed by atoms with E-state index in [1.54, 1.807) is 38.1 Å². The first-order chi connectivity index (χ1) is 23.1. The minimum Gasteiger partial charge on any atom is -0.486 e. The molecular formula is C33H29N5O8S2. The Morgan fingerprint density at radius 3 is 2.23 bits per heavy atom. The van der Waals surface area contributed by atoms with Gasteiger partial charge in [-0.05, 0) is 25.0 Å². The number of β-lactam (4-membered cyclic amide) rings is 1. The van der Waals surface area contributed by atoms with Gasteiger partial charge in [0.05, 0.1) is 11.7 Å². The van der Waals surface area contributed by atoms with Crippen LogP contribution in [0, 0.1) is 0 Å². The van der Waals surface area contributed by atoms with Crippen molar-refractivity contribution in [2.75, 3.05) is 18.6 Å². The van der Waals surface area contributed by atoms with Crippen molar-refractivity contribution in [3.63, 3.8) is 0 Å². The van der Waals surface area contributed by atoms with Crippen LogP contribution < -0.4 is 26.6 Å². The first-order valence-electron chi connectivity index (χ1n) is 14.7. The predicted octanol–water partition coefficient (Wildman–Crippen LogP) is 2.60. The molecule has 0 radical (unpaired) electrons. The number of carbonyl (C=O) groups excluding carboxylic acids is 3. The van der Waals surface area contributed by atoms with E-state index in [4.69, 9.17) is 20.0 Å². The number of benzene rings is 2. The van der Waals surface area contributed by atoms with E-state index in [1.165, 1.54) is 29.2 Å². The molecule has 3 heterocycles. The number of ether oxygens (including phenoxy) is 2. The maximum Gasteiger partial charge on any atom is 0.356 e. The Labute approximate surface area is 282 Å². The fourth-order valence-corrected chi connectivity index (χ4v) is 7.34. The molecule has 1 saturated heterocycles. The van der Waals surface area contributed by atoms with E-state index in [9.17, 15) is 24.0 Å². The summed E-state index contributed by atoms with van der Waals surface area (Å²) in [5.74, 6) is -2.41. The number of nitrogen functional groups attached to an aromatic ring is 1. The van der Waals surface area contributed by atoms with Crippen molar-refractivity contribution >= 4 is 57.3 Å². The molecule has 2 aliphatic heterocycles. The van der Waals surface area contributed by atoms with E-state index in [0.29, 0.717) is 11.1 Å². The molecule has 1 fully saturated rings. The number of fused-ring (bicyclic) bond motifs is 1. The van der Waals surface area contributed by atoms with Gasteiger partial charge in [0.1, 0.15) is 29.9 Å². The second-order valence-electron chi connectivity index (χ2n) is 11.0. The smallest absolute Gasteiger partial charge is 0.356 e. The van der Waals surface area contributed by atoms with Gasteiger partial charge in [0, 0.05) is 16.7 Å². The molecule has 3 N–H and O–H groups in total. The summed E-state index contributed by atoms with van der Waals surface area (Å²) in [6.07, 6.45) is -1.31. The van der Waals surface area contributed by atoms with Gasteiger partial charge < -0.3 is 25.4 Å². The van der Waals surface area contributed by atoms with Crippen molar-refractivity contribution in [2.24, 2.45) is 5.16 Å². The predicted molar refractivity (Wildman–Crippen MR) is 180 cm³/mol. The van der Waals surface area contributed by atoms with Crippen LogP contribution in [-0.2, 0) is 24.0 Å². The van der Waals surface area contributed by atoms with E-state index >= 15 is 0 Å². The van der Waals surface area contributed by atoms with E-state index in [0.717, 1.165) is 11.3 Å². The van der Waals surface area contributed by atoms with Gasteiger partial charge in [0.15, 0.2) is 22.7 Å². The lowest BCUT2D eigenvalue weighted by Gasteiger charge is -2.49. The Balaban J connectivity index is 1.37. The molecular weight excluding hydrogens is 659 g/mol. The lowest BCUT2D eigenvalue weighted by molar-refractivity contribution is -0.154. The summed E-state index contributed by atoms with van der Waals surface area (Å²) >= 11 is 2.30. The zero-order valence-electron chi connectivity index (χ0n) is 25.9. The van der Waals surface area contributed by atoms with Crippen LogP contribution in [0.1, 0.15) is 42.3 Å². The molecule has 1 aromatic heterocycles. The topological polar surface area (TPSA) is 180 Å². The Morgan fingerprint density at radius 1 is 1.02 bits per heavy atom. The molecule has 2 aliphatic rings. The fraction of sp³-hybridized carbons (Fsp3) is 0.242. The summed E-state index contributed by atoms with van der Waals surface area (Å²) in [6, 6.07) is 17.0. The number of nitrogens with zero attached hydrogens (tertiary/aromatic N) is 3. The second-order valence-corrected chi connectivity index (χ2v) is 13.0. The van der Waals surface area contributed by atoms with Crippen LogP contribution in [0.4, 0.5) is 5.13 Å². The van der Waals surface area contributed by atoms with E-state index in [2.05, 4.69) is 15.5 Å². The van der Waals surface area contributed by atoms with Gasteiger partial charge >= 0.3 is 5.97 Å². The third-order valence-corrected chi connectivity index (χ3v) is 9.52. The molecule has 246 valence electrons. The molecule has 48 heavy (non-hydrogen) atoms. The minimum atomic E-state index is -1.08. The van der Waals surface area contributed by atoms with Gasteiger partial charge in [-0.3, -0.25) is 24.1 Å². The zero-order chi connectivity index (χ0) is 34.1. The molecule has 0 bridgehead atoms. The van der Waals surface area contributed by atoms with Crippen LogP contribution >= 0.6 is 23.1 Å². The molecule has 13 nitrogen and oxygen atoms in total. The molecule has 0 aliphatic carbocycles. The minimum absolute atomic E-state index is 0.0353. The third-order valence-electron chi connectivity index (χ3n) is 7.56. The molecule has 1 unspecified atom stereocenters. The van der Waals surface area contributed by atoms with Crippen molar-refractivity contribution in [1.29, 1.82) is 0 Å². The number of carbonyl (C=O) groups is 3. The average Bonchev–Trinajstić information content (AvgIpc) is 3.53. The Kier molecular flexibility index (Phi) is 9.15. The number of oxime groups is 1.